The normalized spacial score (nSPS) is 11.1. The molecule has 1 aromatic heterocycles. The van der Waals surface area contributed by atoms with E-state index in [1.54, 1.807) is 18.2 Å². The number of halogens is 2. The maximum atomic E-state index is 10.8. The van der Waals surface area contributed by atoms with Gasteiger partial charge in [-0.15, -0.1) is 5.10 Å². The second-order valence-electron chi connectivity index (χ2n) is 3.63. The Labute approximate surface area is 114 Å². The Hall–Kier alpha value is -1.65. The van der Waals surface area contributed by atoms with Crippen LogP contribution in [0.3, 0.4) is 0 Å². The van der Waals surface area contributed by atoms with Gasteiger partial charge < -0.3 is 0 Å². The first-order valence-electron chi connectivity index (χ1n) is 5.11. The van der Waals surface area contributed by atoms with Gasteiger partial charge in [0.1, 0.15) is 6.33 Å². The largest absolute Gasteiger partial charge is 0.295 e. The molecule has 1 aromatic carbocycles. The van der Waals surface area contributed by atoms with Crippen molar-refractivity contribution in [3.05, 3.63) is 40.6 Å². The number of hydrogen-bond acceptors (Lipinski definition) is 3. The van der Waals surface area contributed by atoms with Crippen molar-refractivity contribution in [2.45, 2.75) is 6.92 Å². The van der Waals surface area contributed by atoms with Crippen molar-refractivity contribution in [2.75, 3.05) is 0 Å². The molecule has 0 radical (unpaired) electrons. The number of benzene rings is 1. The van der Waals surface area contributed by atoms with Gasteiger partial charge in [-0.2, -0.15) is 0 Å². The topological polar surface area (TPSA) is 47.8 Å². The number of carbonyl (C=O) groups excluding carboxylic acids is 1. The number of hydrogen-bond donors (Lipinski definition) is 0. The van der Waals surface area contributed by atoms with Gasteiger partial charge in [0.25, 0.3) is 0 Å². The van der Waals surface area contributed by atoms with Crippen molar-refractivity contribution >= 4 is 35.2 Å². The maximum absolute atomic E-state index is 10.8. The van der Waals surface area contributed by atoms with Crippen LogP contribution in [0.5, 0.6) is 0 Å². The molecule has 0 N–H and O–H groups in total. The van der Waals surface area contributed by atoms with Crippen LogP contribution >= 0.6 is 23.2 Å². The van der Waals surface area contributed by atoms with Gasteiger partial charge in [0, 0.05) is 21.8 Å². The average molecular weight is 282 g/mol. The second kappa shape index (κ2) is 5.33. The van der Waals surface area contributed by atoms with Crippen LogP contribution in [-0.4, -0.2) is 20.5 Å². The lowest BCUT2D eigenvalue weighted by Gasteiger charge is -1.97. The summed E-state index contributed by atoms with van der Waals surface area (Å²) in [5.41, 5.74) is 0.725. The molecule has 0 saturated heterocycles. The third-order valence-electron chi connectivity index (χ3n) is 2.09. The van der Waals surface area contributed by atoms with Crippen LogP contribution in [-0.2, 0) is 4.79 Å². The molecule has 2 rings (SSSR count). The summed E-state index contributed by atoms with van der Waals surface area (Å²) < 4.78 is 1.45. The summed E-state index contributed by atoms with van der Waals surface area (Å²) in [6.45, 7) is 1.46. The lowest BCUT2D eigenvalue weighted by atomic mass is 10.2. The minimum absolute atomic E-state index is 0.0575. The van der Waals surface area contributed by atoms with Crippen LogP contribution in [0.15, 0.2) is 30.6 Å². The zero-order valence-electron chi connectivity index (χ0n) is 9.47. The summed E-state index contributed by atoms with van der Waals surface area (Å²) >= 11 is 11.8. The summed E-state index contributed by atoms with van der Waals surface area (Å²) in [5, 5.41) is 5.23. The Morgan fingerprint density at radius 1 is 1.28 bits per heavy atom. The van der Waals surface area contributed by atoms with Crippen molar-refractivity contribution in [3.8, 4) is 11.4 Å². The fourth-order valence-electron chi connectivity index (χ4n) is 1.34. The highest BCUT2D eigenvalue weighted by atomic mass is 35.5. The monoisotopic (exact) mass is 281 g/mol. The summed E-state index contributed by atoms with van der Waals surface area (Å²) in [6, 6.07) is 5.09. The number of nitrogens with zero attached hydrogens (tertiary/aromatic N) is 3. The molecule has 18 heavy (non-hydrogen) atoms. The van der Waals surface area contributed by atoms with Gasteiger partial charge in [0.15, 0.2) is 11.6 Å². The summed E-state index contributed by atoms with van der Waals surface area (Å²) in [6.07, 6.45) is 4.44. The third kappa shape index (κ3) is 3.18. The van der Waals surface area contributed by atoms with E-state index in [1.807, 2.05) is 0 Å². The van der Waals surface area contributed by atoms with Gasteiger partial charge in [-0.25, -0.2) is 9.67 Å². The molecule has 0 atom stereocenters. The highest BCUT2D eigenvalue weighted by Gasteiger charge is 2.05. The van der Waals surface area contributed by atoms with Gasteiger partial charge in [-0.05, 0) is 31.2 Å². The first-order chi connectivity index (χ1) is 8.54. The van der Waals surface area contributed by atoms with Crippen LogP contribution in [0, 0.1) is 0 Å². The molecule has 0 aliphatic carbocycles. The lowest BCUT2D eigenvalue weighted by Crippen LogP contribution is -1.90. The molecule has 0 bridgehead atoms. The Kier molecular flexibility index (Phi) is 3.79. The Balaban J connectivity index is 2.32. The highest BCUT2D eigenvalue weighted by molar-refractivity contribution is 6.35. The minimum Gasteiger partial charge on any atom is -0.295 e. The Bertz CT molecular complexity index is 599. The maximum Gasteiger partial charge on any atom is 0.181 e. The number of rotatable bonds is 3. The zero-order chi connectivity index (χ0) is 13.1. The van der Waals surface area contributed by atoms with Gasteiger partial charge >= 0.3 is 0 Å². The Morgan fingerprint density at radius 2 is 1.94 bits per heavy atom. The van der Waals surface area contributed by atoms with Crippen molar-refractivity contribution in [3.63, 3.8) is 0 Å². The van der Waals surface area contributed by atoms with E-state index in [0.29, 0.717) is 15.9 Å². The number of allylic oxidation sites excluding steroid dienone is 1. The molecule has 4 nitrogen and oxygen atoms in total. The molecule has 0 saturated carbocycles. The van der Waals surface area contributed by atoms with E-state index in [9.17, 15) is 4.79 Å². The van der Waals surface area contributed by atoms with Gasteiger partial charge in [0.2, 0.25) is 0 Å². The third-order valence-corrected chi connectivity index (χ3v) is 2.53. The predicted molar refractivity (Wildman–Crippen MR) is 71.5 cm³/mol. The fourth-order valence-corrected chi connectivity index (χ4v) is 1.87. The quantitative estimate of drug-likeness (QED) is 0.811. The standard InChI is InChI=1S/C12H9Cl2N3O/c1-8(18)2-3-17-7-15-12(16-17)9-4-10(13)6-11(14)5-9/h2-7H,1H3/b3-2+. The first kappa shape index (κ1) is 12.8. The fraction of sp³-hybridized carbons (Fsp3) is 0.0833. The molecule has 0 aliphatic heterocycles. The van der Waals surface area contributed by atoms with Crippen LogP contribution in [0.1, 0.15) is 6.92 Å². The van der Waals surface area contributed by atoms with Crippen LogP contribution in [0.2, 0.25) is 10.0 Å². The summed E-state index contributed by atoms with van der Waals surface area (Å²) in [5.74, 6) is 0.436. The zero-order valence-corrected chi connectivity index (χ0v) is 11.0. The molecule has 0 spiro atoms. The van der Waals surface area contributed by atoms with Crippen molar-refractivity contribution in [2.24, 2.45) is 0 Å². The molecule has 1 heterocycles. The molecule has 2 aromatic rings. The smallest absolute Gasteiger partial charge is 0.181 e. The molecular formula is C12H9Cl2N3O. The summed E-state index contributed by atoms with van der Waals surface area (Å²) in [7, 11) is 0. The van der Waals surface area contributed by atoms with Crippen LogP contribution in [0.25, 0.3) is 17.6 Å². The molecule has 92 valence electrons. The molecule has 0 unspecified atom stereocenters. The van der Waals surface area contributed by atoms with E-state index in [0.717, 1.165) is 5.56 Å². The Morgan fingerprint density at radius 3 is 2.56 bits per heavy atom. The molecule has 6 heteroatoms. The van der Waals surface area contributed by atoms with E-state index >= 15 is 0 Å². The van der Waals surface area contributed by atoms with Crippen LogP contribution < -0.4 is 0 Å². The highest BCUT2D eigenvalue weighted by Crippen LogP contribution is 2.24. The predicted octanol–water partition coefficient (Wildman–Crippen LogP) is 3.31. The van der Waals surface area contributed by atoms with Crippen molar-refractivity contribution < 1.29 is 4.79 Å². The number of ketones is 1. The SMILES string of the molecule is CC(=O)/C=C/n1cnc(-c2cc(Cl)cc(Cl)c2)n1. The van der Waals surface area contributed by atoms with E-state index in [4.69, 9.17) is 23.2 Å². The molecular weight excluding hydrogens is 273 g/mol. The first-order valence-corrected chi connectivity index (χ1v) is 5.86. The number of aromatic nitrogens is 3. The van der Waals surface area contributed by atoms with E-state index in [1.165, 1.54) is 30.2 Å². The molecule has 0 aliphatic rings. The van der Waals surface area contributed by atoms with Crippen LogP contribution in [0.4, 0.5) is 0 Å². The van der Waals surface area contributed by atoms with Gasteiger partial charge in [0.05, 0.1) is 0 Å². The average Bonchev–Trinajstić information content (AvgIpc) is 2.73. The van der Waals surface area contributed by atoms with Crippen molar-refractivity contribution in [1.82, 2.24) is 14.8 Å². The second-order valence-corrected chi connectivity index (χ2v) is 4.51. The summed E-state index contributed by atoms with van der Waals surface area (Å²) in [4.78, 5) is 14.9. The van der Waals surface area contributed by atoms with E-state index in [-0.39, 0.29) is 5.78 Å². The van der Waals surface area contributed by atoms with Gasteiger partial charge in [-0.1, -0.05) is 23.2 Å². The van der Waals surface area contributed by atoms with Crippen molar-refractivity contribution in [1.29, 1.82) is 0 Å². The number of carbonyl (C=O) groups is 1. The lowest BCUT2D eigenvalue weighted by molar-refractivity contribution is -0.112. The minimum atomic E-state index is -0.0575. The van der Waals surface area contributed by atoms with Gasteiger partial charge in [-0.3, -0.25) is 4.79 Å². The molecule has 0 amide bonds. The van der Waals surface area contributed by atoms with E-state index < -0.39 is 0 Å². The molecule has 0 fully saturated rings. The van der Waals surface area contributed by atoms with E-state index in [2.05, 4.69) is 10.1 Å².